The number of sulfone groups is 1. The molecule has 22 heavy (non-hydrogen) atoms. The quantitative estimate of drug-likeness (QED) is 0.544. The lowest BCUT2D eigenvalue weighted by atomic mass is 10.3. The fourth-order valence-electron chi connectivity index (χ4n) is 1.74. The molecule has 1 heterocycles. The molecule has 0 aliphatic heterocycles. The zero-order valence-electron chi connectivity index (χ0n) is 11.7. The van der Waals surface area contributed by atoms with Gasteiger partial charge in [-0.1, -0.05) is 24.3 Å². The number of hydrogen-bond acceptors (Lipinski definition) is 5. The van der Waals surface area contributed by atoms with E-state index in [1.54, 1.807) is 11.4 Å². The molecule has 0 saturated heterocycles. The first-order chi connectivity index (χ1) is 10.5. The molecular weight excluding hydrogens is 322 g/mol. The minimum atomic E-state index is -3.48. The molecule has 0 spiro atoms. The van der Waals surface area contributed by atoms with E-state index in [2.05, 4.69) is 10.3 Å². The van der Waals surface area contributed by atoms with E-state index < -0.39 is 15.9 Å². The molecule has 1 aromatic heterocycles. The summed E-state index contributed by atoms with van der Waals surface area (Å²) in [5, 5.41) is 14.4. The SMILES string of the molecule is NC(=NCC(O)CS(=O)(=O)c1cccs1)Nc1ccccc1. The third kappa shape index (κ3) is 4.83. The van der Waals surface area contributed by atoms with Crippen molar-refractivity contribution in [1.82, 2.24) is 0 Å². The van der Waals surface area contributed by atoms with Crippen molar-refractivity contribution in [3.63, 3.8) is 0 Å². The van der Waals surface area contributed by atoms with Crippen LogP contribution in [0, 0.1) is 0 Å². The summed E-state index contributed by atoms with van der Waals surface area (Å²) in [6, 6.07) is 12.4. The smallest absolute Gasteiger partial charge is 0.193 e. The van der Waals surface area contributed by atoms with Gasteiger partial charge in [-0.25, -0.2) is 8.42 Å². The van der Waals surface area contributed by atoms with Crippen LogP contribution in [0.1, 0.15) is 0 Å². The second-order valence-corrected chi connectivity index (χ2v) is 7.79. The third-order valence-electron chi connectivity index (χ3n) is 2.73. The Morgan fingerprint density at radius 3 is 2.64 bits per heavy atom. The average molecular weight is 339 g/mol. The van der Waals surface area contributed by atoms with E-state index in [9.17, 15) is 13.5 Å². The molecule has 0 fully saturated rings. The van der Waals surface area contributed by atoms with Gasteiger partial charge in [-0.05, 0) is 23.6 Å². The molecule has 2 aromatic rings. The maximum atomic E-state index is 12.0. The molecule has 0 radical (unpaired) electrons. The van der Waals surface area contributed by atoms with Crippen LogP contribution in [0.5, 0.6) is 0 Å². The van der Waals surface area contributed by atoms with Gasteiger partial charge in [0.2, 0.25) is 0 Å². The summed E-state index contributed by atoms with van der Waals surface area (Å²) >= 11 is 1.13. The molecule has 6 nitrogen and oxygen atoms in total. The fourth-order valence-corrected chi connectivity index (χ4v) is 4.21. The number of aliphatic hydroxyl groups is 1. The minimum absolute atomic E-state index is 0.0870. The highest BCUT2D eigenvalue weighted by Gasteiger charge is 2.20. The maximum absolute atomic E-state index is 12.0. The van der Waals surface area contributed by atoms with E-state index >= 15 is 0 Å². The highest BCUT2D eigenvalue weighted by molar-refractivity contribution is 7.93. The number of thiophene rings is 1. The van der Waals surface area contributed by atoms with Gasteiger partial charge in [0.05, 0.1) is 18.4 Å². The molecule has 118 valence electrons. The summed E-state index contributed by atoms with van der Waals surface area (Å²) < 4.78 is 24.2. The number of aliphatic hydroxyl groups excluding tert-OH is 1. The highest BCUT2D eigenvalue weighted by Crippen LogP contribution is 2.18. The number of benzene rings is 1. The second kappa shape index (κ2) is 7.39. The molecule has 0 saturated carbocycles. The van der Waals surface area contributed by atoms with E-state index in [1.807, 2.05) is 30.3 Å². The van der Waals surface area contributed by atoms with E-state index in [0.717, 1.165) is 17.0 Å². The van der Waals surface area contributed by atoms with Crippen LogP contribution in [0.15, 0.2) is 57.0 Å². The lowest BCUT2D eigenvalue weighted by Gasteiger charge is -2.09. The van der Waals surface area contributed by atoms with Crippen LogP contribution in [-0.2, 0) is 9.84 Å². The molecule has 0 aliphatic carbocycles. The Bertz CT molecular complexity index is 713. The van der Waals surface area contributed by atoms with Gasteiger partial charge >= 0.3 is 0 Å². The van der Waals surface area contributed by atoms with Gasteiger partial charge in [0.15, 0.2) is 15.8 Å². The average Bonchev–Trinajstić information content (AvgIpc) is 3.01. The molecule has 1 atom stereocenters. The van der Waals surface area contributed by atoms with Crippen LogP contribution in [-0.4, -0.2) is 37.9 Å². The van der Waals surface area contributed by atoms with Crippen LogP contribution >= 0.6 is 11.3 Å². The molecule has 0 aliphatic rings. The van der Waals surface area contributed by atoms with Gasteiger partial charge in [-0.15, -0.1) is 11.3 Å². The minimum Gasteiger partial charge on any atom is -0.390 e. The predicted octanol–water partition coefficient (Wildman–Crippen LogP) is 1.31. The number of nitrogens with zero attached hydrogens (tertiary/aromatic N) is 1. The van der Waals surface area contributed by atoms with Gasteiger partial charge in [-0.2, -0.15) is 0 Å². The Kier molecular flexibility index (Phi) is 5.53. The summed E-state index contributed by atoms with van der Waals surface area (Å²) in [7, 11) is -3.48. The van der Waals surface area contributed by atoms with Crippen molar-refractivity contribution in [2.45, 2.75) is 10.3 Å². The van der Waals surface area contributed by atoms with Gasteiger partial charge in [-0.3, -0.25) is 4.99 Å². The number of nitrogens with two attached hydrogens (primary N) is 1. The van der Waals surface area contributed by atoms with Crippen LogP contribution in [0.3, 0.4) is 0 Å². The number of para-hydroxylation sites is 1. The lowest BCUT2D eigenvalue weighted by molar-refractivity contribution is 0.206. The van der Waals surface area contributed by atoms with Crippen LogP contribution in [0.25, 0.3) is 0 Å². The number of guanidine groups is 1. The van der Waals surface area contributed by atoms with Crippen LogP contribution in [0.2, 0.25) is 0 Å². The van der Waals surface area contributed by atoms with E-state index in [-0.39, 0.29) is 22.5 Å². The molecule has 1 unspecified atom stereocenters. The largest absolute Gasteiger partial charge is 0.390 e. The first-order valence-electron chi connectivity index (χ1n) is 6.54. The van der Waals surface area contributed by atoms with Crippen molar-refractivity contribution in [2.24, 2.45) is 10.7 Å². The molecule has 0 bridgehead atoms. The van der Waals surface area contributed by atoms with Crippen LogP contribution in [0.4, 0.5) is 5.69 Å². The Hall–Kier alpha value is -1.90. The van der Waals surface area contributed by atoms with E-state index in [1.165, 1.54) is 6.07 Å². The first-order valence-corrected chi connectivity index (χ1v) is 9.07. The second-order valence-electron chi connectivity index (χ2n) is 4.58. The number of anilines is 1. The Morgan fingerprint density at radius 1 is 1.27 bits per heavy atom. The van der Waals surface area contributed by atoms with E-state index in [0.29, 0.717) is 0 Å². The molecule has 2 rings (SSSR count). The zero-order chi connectivity index (χ0) is 16.0. The fraction of sp³-hybridized carbons (Fsp3) is 0.214. The number of rotatable bonds is 6. The summed E-state index contributed by atoms with van der Waals surface area (Å²) in [6.07, 6.45) is -1.11. The topological polar surface area (TPSA) is 105 Å². The standard InChI is InChI=1S/C14H17N3O3S2/c15-14(17-11-5-2-1-3-6-11)16-9-12(18)10-22(19,20)13-7-4-8-21-13/h1-8,12,18H,9-10H2,(H3,15,16,17). The number of aliphatic imine (C=N–C) groups is 1. The van der Waals surface area contributed by atoms with E-state index in [4.69, 9.17) is 5.73 Å². The van der Waals surface area contributed by atoms with Gasteiger partial charge in [0.25, 0.3) is 0 Å². The van der Waals surface area contributed by atoms with Crippen molar-refractivity contribution < 1.29 is 13.5 Å². The van der Waals surface area contributed by atoms with Crippen molar-refractivity contribution >= 4 is 32.8 Å². The van der Waals surface area contributed by atoms with Gasteiger partial charge in [0, 0.05) is 5.69 Å². The molecular formula is C14H17N3O3S2. The molecule has 8 heteroatoms. The third-order valence-corrected chi connectivity index (χ3v) is 6.02. The predicted molar refractivity (Wildman–Crippen MR) is 88.9 cm³/mol. The van der Waals surface area contributed by atoms with Gasteiger partial charge in [0.1, 0.15) is 4.21 Å². The summed E-state index contributed by atoms with van der Waals surface area (Å²) in [4.78, 5) is 3.96. The molecule has 1 aromatic carbocycles. The van der Waals surface area contributed by atoms with Crippen molar-refractivity contribution in [3.05, 3.63) is 47.8 Å². The summed E-state index contributed by atoms with van der Waals surface area (Å²) in [6.45, 7) is -0.0870. The number of nitrogens with one attached hydrogen (secondary N) is 1. The first kappa shape index (κ1) is 16.5. The van der Waals surface area contributed by atoms with Crippen molar-refractivity contribution in [1.29, 1.82) is 0 Å². The van der Waals surface area contributed by atoms with Crippen molar-refractivity contribution in [2.75, 3.05) is 17.6 Å². The zero-order valence-corrected chi connectivity index (χ0v) is 13.3. The summed E-state index contributed by atoms with van der Waals surface area (Å²) in [5.74, 6) is -0.255. The van der Waals surface area contributed by atoms with Crippen LogP contribution < -0.4 is 11.1 Å². The summed E-state index contributed by atoms with van der Waals surface area (Å²) in [5.41, 5.74) is 6.46. The highest BCUT2D eigenvalue weighted by atomic mass is 32.2. The Labute approximate surface area is 133 Å². The maximum Gasteiger partial charge on any atom is 0.193 e. The lowest BCUT2D eigenvalue weighted by Crippen LogP contribution is -2.28. The monoisotopic (exact) mass is 339 g/mol. The normalized spacial score (nSPS) is 13.8. The Balaban J connectivity index is 1.89. The Morgan fingerprint density at radius 2 is 2.00 bits per heavy atom. The number of hydrogen-bond donors (Lipinski definition) is 3. The van der Waals surface area contributed by atoms with Crippen molar-refractivity contribution in [3.8, 4) is 0 Å². The molecule has 4 N–H and O–H groups in total. The molecule has 0 amide bonds. The van der Waals surface area contributed by atoms with Gasteiger partial charge < -0.3 is 16.2 Å².